The fourth-order valence-electron chi connectivity index (χ4n) is 2.56. The van der Waals surface area contributed by atoms with Gasteiger partial charge in [0.1, 0.15) is 11.1 Å². The average molecular weight is 313 g/mol. The van der Waals surface area contributed by atoms with Crippen LogP contribution in [0.2, 0.25) is 0 Å². The Hall–Kier alpha value is -1.94. The number of hydrogen-bond acceptors (Lipinski definition) is 3. The maximum Gasteiger partial charge on any atom is 0.234 e. The SMILES string of the molecule is COc1ccc(CN2C(=O)CS[C@H]2c2ccc(C)cc2)cc1. The molecule has 3 nitrogen and oxygen atoms in total. The highest BCUT2D eigenvalue weighted by Gasteiger charge is 2.32. The number of nitrogens with zero attached hydrogens (tertiary/aromatic N) is 1. The number of thioether (sulfide) groups is 1. The minimum Gasteiger partial charge on any atom is -0.497 e. The summed E-state index contributed by atoms with van der Waals surface area (Å²) < 4.78 is 5.18. The minimum absolute atomic E-state index is 0.107. The predicted octanol–water partition coefficient (Wildman–Crippen LogP) is 3.78. The van der Waals surface area contributed by atoms with Gasteiger partial charge in [0, 0.05) is 6.54 Å². The summed E-state index contributed by atoms with van der Waals surface area (Å²) in [4.78, 5) is 14.2. The molecule has 0 unspecified atom stereocenters. The van der Waals surface area contributed by atoms with Crippen LogP contribution in [0.25, 0.3) is 0 Å². The third-order valence-electron chi connectivity index (χ3n) is 3.84. The summed E-state index contributed by atoms with van der Waals surface area (Å²) in [7, 11) is 1.66. The van der Waals surface area contributed by atoms with E-state index in [-0.39, 0.29) is 11.3 Å². The number of carbonyl (C=O) groups excluding carboxylic acids is 1. The molecule has 4 heteroatoms. The Balaban J connectivity index is 1.79. The highest BCUT2D eigenvalue weighted by Crippen LogP contribution is 2.39. The van der Waals surface area contributed by atoms with Crippen molar-refractivity contribution >= 4 is 17.7 Å². The zero-order chi connectivity index (χ0) is 15.5. The molecule has 114 valence electrons. The lowest BCUT2D eigenvalue weighted by atomic mass is 10.1. The zero-order valence-electron chi connectivity index (χ0n) is 12.8. The second-order valence-corrected chi connectivity index (χ2v) is 6.51. The molecule has 1 aliphatic rings. The molecule has 2 aromatic rings. The highest BCUT2D eigenvalue weighted by molar-refractivity contribution is 8.00. The first-order chi connectivity index (χ1) is 10.7. The molecule has 2 aromatic carbocycles. The van der Waals surface area contributed by atoms with Gasteiger partial charge in [-0.15, -0.1) is 11.8 Å². The van der Waals surface area contributed by atoms with Gasteiger partial charge in [-0.25, -0.2) is 0 Å². The topological polar surface area (TPSA) is 29.5 Å². The average Bonchev–Trinajstić information content (AvgIpc) is 2.90. The van der Waals surface area contributed by atoms with Crippen molar-refractivity contribution in [2.24, 2.45) is 0 Å². The van der Waals surface area contributed by atoms with E-state index in [9.17, 15) is 4.79 Å². The lowest BCUT2D eigenvalue weighted by Gasteiger charge is -2.24. The van der Waals surface area contributed by atoms with Crippen LogP contribution in [0, 0.1) is 6.92 Å². The Morgan fingerprint density at radius 1 is 1.14 bits per heavy atom. The van der Waals surface area contributed by atoms with E-state index in [1.807, 2.05) is 29.2 Å². The molecule has 3 rings (SSSR count). The number of rotatable bonds is 4. The molecule has 1 fully saturated rings. The van der Waals surface area contributed by atoms with E-state index in [2.05, 4.69) is 31.2 Å². The van der Waals surface area contributed by atoms with E-state index in [0.29, 0.717) is 12.3 Å². The van der Waals surface area contributed by atoms with Gasteiger partial charge in [0.2, 0.25) is 5.91 Å². The Kier molecular flexibility index (Phi) is 4.39. The van der Waals surface area contributed by atoms with Crippen LogP contribution < -0.4 is 4.74 Å². The quantitative estimate of drug-likeness (QED) is 0.860. The lowest BCUT2D eigenvalue weighted by molar-refractivity contribution is -0.128. The monoisotopic (exact) mass is 313 g/mol. The normalized spacial score (nSPS) is 17.8. The van der Waals surface area contributed by atoms with Gasteiger partial charge in [-0.1, -0.05) is 42.0 Å². The van der Waals surface area contributed by atoms with Gasteiger partial charge in [0.25, 0.3) is 0 Å². The molecule has 1 heterocycles. The molecular formula is C18H19NO2S. The van der Waals surface area contributed by atoms with E-state index < -0.39 is 0 Å². The number of ether oxygens (including phenoxy) is 1. The second kappa shape index (κ2) is 6.44. The van der Waals surface area contributed by atoms with E-state index in [4.69, 9.17) is 4.74 Å². The van der Waals surface area contributed by atoms with Crippen molar-refractivity contribution in [3.8, 4) is 5.75 Å². The van der Waals surface area contributed by atoms with Crippen molar-refractivity contribution in [3.05, 3.63) is 65.2 Å². The van der Waals surface area contributed by atoms with Gasteiger partial charge < -0.3 is 9.64 Å². The van der Waals surface area contributed by atoms with Crippen LogP contribution >= 0.6 is 11.8 Å². The number of methoxy groups -OCH3 is 1. The molecule has 0 aliphatic carbocycles. The number of benzene rings is 2. The molecule has 1 aliphatic heterocycles. The molecule has 0 N–H and O–H groups in total. The van der Waals surface area contributed by atoms with E-state index in [1.54, 1.807) is 18.9 Å². The summed E-state index contributed by atoms with van der Waals surface area (Å²) in [6, 6.07) is 16.3. The molecule has 1 amide bonds. The minimum atomic E-state index is 0.107. The predicted molar refractivity (Wildman–Crippen MR) is 89.9 cm³/mol. The number of amides is 1. The number of hydrogen-bond donors (Lipinski definition) is 0. The van der Waals surface area contributed by atoms with Crippen molar-refractivity contribution in [1.82, 2.24) is 4.90 Å². The van der Waals surface area contributed by atoms with Gasteiger partial charge in [-0.2, -0.15) is 0 Å². The van der Waals surface area contributed by atoms with E-state index in [1.165, 1.54) is 11.1 Å². The van der Waals surface area contributed by atoms with Crippen LogP contribution in [-0.2, 0) is 11.3 Å². The summed E-state index contributed by atoms with van der Waals surface area (Å²) in [5.41, 5.74) is 3.54. The Morgan fingerprint density at radius 2 is 1.82 bits per heavy atom. The number of carbonyl (C=O) groups is 1. The molecule has 0 aromatic heterocycles. The lowest BCUT2D eigenvalue weighted by Crippen LogP contribution is -2.27. The molecule has 1 atom stereocenters. The summed E-state index contributed by atoms with van der Waals surface area (Å²) in [5.74, 6) is 1.58. The first-order valence-corrected chi connectivity index (χ1v) is 8.33. The van der Waals surface area contributed by atoms with Crippen LogP contribution in [-0.4, -0.2) is 23.7 Å². The van der Waals surface area contributed by atoms with Crippen LogP contribution in [0.3, 0.4) is 0 Å². The molecule has 0 bridgehead atoms. The second-order valence-electron chi connectivity index (χ2n) is 5.44. The van der Waals surface area contributed by atoms with Crippen molar-refractivity contribution in [2.45, 2.75) is 18.8 Å². The van der Waals surface area contributed by atoms with Crippen LogP contribution in [0.15, 0.2) is 48.5 Å². The van der Waals surface area contributed by atoms with Crippen LogP contribution in [0.4, 0.5) is 0 Å². The Morgan fingerprint density at radius 3 is 2.45 bits per heavy atom. The van der Waals surface area contributed by atoms with Crippen LogP contribution in [0.5, 0.6) is 5.75 Å². The van der Waals surface area contributed by atoms with E-state index >= 15 is 0 Å². The van der Waals surface area contributed by atoms with Gasteiger partial charge in [0.15, 0.2) is 0 Å². The fraction of sp³-hybridized carbons (Fsp3) is 0.278. The first kappa shape index (κ1) is 15.0. The molecule has 0 saturated carbocycles. The Labute approximate surface area is 135 Å². The molecular weight excluding hydrogens is 294 g/mol. The standard InChI is InChI=1S/C18H19NO2S/c1-13-3-7-15(8-4-13)18-19(17(20)12-22-18)11-14-5-9-16(21-2)10-6-14/h3-10,18H,11-12H2,1-2H3/t18-/m0/s1. The summed E-state index contributed by atoms with van der Waals surface area (Å²) >= 11 is 1.70. The molecule has 22 heavy (non-hydrogen) atoms. The van der Waals surface area contributed by atoms with Gasteiger partial charge in [0.05, 0.1) is 12.9 Å². The maximum absolute atomic E-state index is 12.2. The van der Waals surface area contributed by atoms with Crippen molar-refractivity contribution in [2.75, 3.05) is 12.9 Å². The first-order valence-electron chi connectivity index (χ1n) is 7.28. The van der Waals surface area contributed by atoms with E-state index in [0.717, 1.165) is 11.3 Å². The van der Waals surface area contributed by atoms with Gasteiger partial charge in [-0.05, 0) is 30.2 Å². The van der Waals surface area contributed by atoms with Crippen molar-refractivity contribution < 1.29 is 9.53 Å². The molecule has 1 saturated heterocycles. The summed E-state index contributed by atoms with van der Waals surface area (Å²) in [6.07, 6.45) is 0. The Bertz CT molecular complexity index is 652. The summed E-state index contributed by atoms with van der Waals surface area (Å²) in [5, 5.41) is 0.107. The van der Waals surface area contributed by atoms with Crippen molar-refractivity contribution in [1.29, 1.82) is 0 Å². The number of aryl methyl sites for hydroxylation is 1. The fourth-order valence-corrected chi connectivity index (χ4v) is 3.75. The van der Waals surface area contributed by atoms with Crippen molar-refractivity contribution in [3.63, 3.8) is 0 Å². The largest absolute Gasteiger partial charge is 0.497 e. The zero-order valence-corrected chi connectivity index (χ0v) is 13.6. The maximum atomic E-state index is 12.2. The summed E-state index contributed by atoms with van der Waals surface area (Å²) in [6.45, 7) is 2.71. The van der Waals surface area contributed by atoms with Crippen LogP contribution in [0.1, 0.15) is 22.1 Å². The molecule has 0 radical (unpaired) electrons. The highest BCUT2D eigenvalue weighted by atomic mass is 32.2. The smallest absolute Gasteiger partial charge is 0.234 e. The third-order valence-corrected chi connectivity index (χ3v) is 5.10. The van der Waals surface area contributed by atoms with Gasteiger partial charge >= 0.3 is 0 Å². The van der Waals surface area contributed by atoms with Gasteiger partial charge in [-0.3, -0.25) is 4.79 Å². The third kappa shape index (κ3) is 3.12. The molecule has 0 spiro atoms.